The quantitative estimate of drug-likeness (QED) is 0.285. The average Bonchev–Trinajstić information content (AvgIpc) is 3.58. The fourth-order valence-electron chi connectivity index (χ4n) is 4.67. The molecule has 1 atom stereocenters. The molecule has 1 fully saturated rings. The smallest absolute Gasteiger partial charge is 0.254 e. The van der Waals surface area contributed by atoms with Crippen molar-refractivity contribution in [2.24, 2.45) is 0 Å². The van der Waals surface area contributed by atoms with Crippen LogP contribution in [0.15, 0.2) is 66.0 Å². The van der Waals surface area contributed by atoms with Crippen LogP contribution < -0.4 is 0 Å². The molecule has 3 aromatic rings. The lowest BCUT2D eigenvalue weighted by Gasteiger charge is -2.29. The Morgan fingerprint density at radius 2 is 1.76 bits per heavy atom. The molecule has 5 nitrogen and oxygen atoms in total. The number of nitrogens with zero attached hydrogens (tertiary/aromatic N) is 2. The van der Waals surface area contributed by atoms with Crippen molar-refractivity contribution in [2.45, 2.75) is 65.1 Å². The van der Waals surface area contributed by atoms with E-state index >= 15 is 0 Å². The standard InChI is InChI=1S/C31H38N2O3S/c1-3-4-9-25-13-15-27(16-14-25)31(35)33(21-28-12-8-18-36-28)23-30(34)32(20-26-10-6-5-7-11-26)22-29-24(2)17-19-37-29/h5-7,10-11,13-17,19,28H,3-4,8-9,12,18,20-23H2,1-2H3. The summed E-state index contributed by atoms with van der Waals surface area (Å²) in [5.74, 6) is -0.166. The number of hydrogen-bond donors (Lipinski definition) is 0. The SMILES string of the molecule is CCCCc1ccc(C(=O)N(CC(=O)N(Cc2ccccc2)Cc2sccc2C)CC2CCCO2)cc1. The van der Waals surface area contributed by atoms with E-state index in [1.165, 1.54) is 16.0 Å². The number of carbonyl (C=O) groups excluding carboxylic acids is 2. The molecule has 2 heterocycles. The number of rotatable bonds is 12. The molecule has 4 rings (SSSR count). The first-order chi connectivity index (χ1) is 18.0. The lowest BCUT2D eigenvalue weighted by Crippen LogP contribution is -2.45. The Kier molecular flexibility index (Phi) is 9.92. The van der Waals surface area contributed by atoms with Crippen LogP contribution in [-0.2, 0) is 29.0 Å². The minimum Gasteiger partial charge on any atom is -0.376 e. The first-order valence-corrected chi connectivity index (χ1v) is 14.3. The maximum atomic E-state index is 13.8. The molecule has 37 heavy (non-hydrogen) atoms. The largest absolute Gasteiger partial charge is 0.376 e. The minimum absolute atomic E-state index is 0.0253. The summed E-state index contributed by atoms with van der Waals surface area (Å²) in [6.45, 7) is 6.47. The topological polar surface area (TPSA) is 49.9 Å². The Bertz CT molecular complexity index is 1140. The van der Waals surface area contributed by atoms with Crippen molar-refractivity contribution in [2.75, 3.05) is 19.7 Å². The summed E-state index contributed by atoms with van der Waals surface area (Å²) in [7, 11) is 0. The third kappa shape index (κ3) is 7.76. The molecular weight excluding hydrogens is 480 g/mol. The van der Waals surface area contributed by atoms with Gasteiger partial charge in [0, 0.05) is 30.1 Å². The zero-order chi connectivity index (χ0) is 26.0. The Morgan fingerprint density at radius 3 is 2.41 bits per heavy atom. The molecule has 1 aliphatic heterocycles. The predicted molar refractivity (Wildman–Crippen MR) is 150 cm³/mol. The first kappa shape index (κ1) is 27.1. The molecule has 1 unspecified atom stereocenters. The molecule has 1 aliphatic rings. The fourth-order valence-corrected chi connectivity index (χ4v) is 5.59. The van der Waals surface area contributed by atoms with Crippen LogP contribution in [0.5, 0.6) is 0 Å². The second kappa shape index (κ2) is 13.5. The number of benzene rings is 2. The van der Waals surface area contributed by atoms with Crippen LogP contribution in [0.1, 0.15) is 64.5 Å². The lowest BCUT2D eigenvalue weighted by molar-refractivity contribution is -0.133. The van der Waals surface area contributed by atoms with Gasteiger partial charge in [0.15, 0.2) is 0 Å². The maximum Gasteiger partial charge on any atom is 0.254 e. The van der Waals surface area contributed by atoms with E-state index in [0.29, 0.717) is 31.8 Å². The number of unbranched alkanes of at least 4 members (excludes halogenated alkanes) is 1. The van der Waals surface area contributed by atoms with Gasteiger partial charge < -0.3 is 14.5 Å². The number of thiophene rings is 1. The van der Waals surface area contributed by atoms with Gasteiger partial charge in [-0.25, -0.2) is 0 Å². The van der Waals surface area contributed by atoms with E-state index < -0.39 is 0 Å². The molecule has 1 saturated heterocycles. The highest BCUT2D eigenvalue weighted by molar-refractivity contribution is 7.10. The van der Waals surface area contributed by atoms with Crippen molar-refractivity contribution in [3.05, 3.63) is 93.2 Å². The van der Waals surface area contributed by atoms with Gasteiger partial charge >= 0.3 is 0 Å². The lowest BCUT2D eigenvalue weighted by atomic mass is 10.1. The van der Waals surface area contributed by atoms with Gasteiger partial charge in [0.05, 0.1) is 12.6 Å². The highest BCUT2D eigenvalue weighted by atomic mass is 32.1. The van der Waals surface area contributed by atoms with Crippen LogP contribution in [0.4, 0.5) is 0 Å². The van der Waals surface area contributed by atoms with Crippen LogP contribution >= 0.6 is 11.3 Å². The first-order valence-electron chi connectivity index (χ1n) is 13.4. The normalized spacial score (nSPS) is 15.0. The monoisotopic (exact) mass is 518 g/mol. The second-order valence-corrected chi connectivity index (χ2v) is 10.9. The van der Waals surface area contributed by atoms with Crippen molar-refractivity contribution in [3.8, 4) is 0 Å². The molecule has 2 amide bonds. The third-order valence-electron chi connectivity index (χ3n) is 6.95. The van der Waals surface area contributed by atoms with E-state index in [9.17, 15) is 9.59 Å². The summed E-state index contributed by atoms with van der Waals surface area (Å²) in [5, 5.41) is 2.06. The van der Waals surface area contributed by atoms with Crippen LogP contribution in [0.25, 0.3) is 0 Å². The molecule has 0 radical (unpaired) electrons. The van der Waals surface area contributed by atoms with Gasteiger partial charge in [-0.2, -0.15) is 0 Å². The summed E-state index contributed by atoms with van der Waals surface area (Å²) in [5.41, 5.74) is 4.12. The zero-order valence-electron chi connectivity index (χ0n) is 22.0. The van der Waals surface area contributed by atoms with Gasteiger partial charge in [-0.15, -0.1) is 11.3 Å². The summed E-state index contributed by atoms with van der Waals surface area (Å²) >= 11 is 1.67. The second-order valence-electron chi connectivity index (χ2n) is 9.88. The van der Waals surface area contributed by atoms with E-state index in [2.05, 4.69) is 25.3 Å². The fraction of sp³-hybridized carbons (Fsp3) is 0.419. The van der Waals surface area contributed by atoms with Crippen LogP contribution in [0.3, 0.4) is 0 Å². The summed E-state index contributed by atoms with van der Waals surface area (Å²) in [4.78, 5) is 32.2. The average molecular weight is 519 g/mol. The molecule has 0 saturated carbocycles. The number of hydrogen-bond acceptors (Lipinski definition) is 4. The Hall–Kier alpha value is -2.96. The highest BCUT2D eigenvalue weighted by Crippen LogP contribution is 2.21. The molecule has 0 bridgehead atoms. The molecular formula is C31H38N2O3S. The van der Waals surface area contributed by atoms with Crippen molar-refractivity contribution in [1.82, 2.24) is 9.80 Å². The highest BCUT2D eigenvalue weighted by Gasteiger charge is 2.27. The molecule has 6 heteroatoms. The van der Waals surface area contributed by atoms with Gasteiger partial charge in [0.1, 0.15) is 6.54 Å². The van der Waals surface area contributed by atoms with E-state index in [4.69, 9.17) is 4.74 Å². The van der Waals surface area contributed by atoms with Crippen molar-refractivity contribution < 1.29 is 14.3 Å². The number of aryl methyl sites for hydroxylation is 2. The van der Waals surface area contributed by atoms with E-state index in [1.807, 2.05) is 59.5 Å². The van der Waals surface area contributed by atoms with Crippen LogP contribution in [0.2, 0.25) is 0 Å². The molecule has 0 spiro atoms. The van der Waals surface area contributed by atoms with Gasteiger partial charge in [-0.1, -0.05) is 55.8 Å². The van der Waals surface area contributed by atoms with E-state index in [0.717, 1.165) is 37.7 Å². The number of amides is 2. The van der Waals surface area contributed by atoms with Crippen molar-refractivity contribution >= 4 is 23.2 Å². The molecule has 0 aliphatic carbocycles. The number of carbonyl (C=O) groups is 2. The third-order valence-corrected chi connectivity index (χ3v) is 7.96. The molecule has 0 N–H and O–H groups in total. The molecule has 196 valence electrons. The van der Waals surface area contributed by atoms with Gasteiger partial charge in [-0.3, -0.25) is 9.59 Å². The van der Waals surface area contributed by atoms with Crippen molar-refractivity contribution in [1.29, 1.82) is 0 Å². The Balaban J connectivity index is 1.53. The predicted octanol–water partition coefficient (Wildman–Crippen LogP) is 6.25. The van der Waals surface area contributed by atoms with E-state index in [-0.39, 0.29) is 24.5 Å². The van der Waals surface area contributed by atoms with Crippen LogP contribution in [0, 0.1) is 6.92 Å². The zero-order valence-corrected chi connectivity index (χ0v) is 22.8. The van der Waals surface area contributed by atoms with E-state index in [1.54, 1.807) is 16.2 Å². The van der Waals surface area contributed by atoms with Gasteiger partial charge in [0.25, 0.3) is 5.91 Å². The summed E-state index contributed by atoms with van der Waals surface area (Å²) in [6, 6.07) is 20.0. The Labute approximate surface area is 225 Å². The van der Waals surface area contributed by atoms with Gasteiger partial charge in [0.2, 0.25) is 5.91 Å². The van der Waals surface area contributed by atoms with Crippen LogP contribution in [-0.4, -0.2) is 47.4 Å². The maximum absolute atomic E-state index is 13.8. The van der Waals surface area contributed by atoms with Crippen molar-refractivity contribution in [3.63, 3.8) is 0 Å². The number of ether oxygens (including phenoxy) is 1. The minimum atomic E-state index is -0.113. The van der Waals surface area contributed by atoms with Gasteiger partial charge in [-0.05, 0) is 72.9 Å². The molecule has 1 aromatic heterocycles. The Morgan fingerprint density at radius 1 is 0.973 bits per heavy atom. The summed E-state index contributed by atoms with van der Waals surface area (Å²) < 4.78 is 5.85. The molecule has 2 aromatic carbocycles. The summed E-state index contributed by atoms with van der Waals surface area (Å²) in [6.07, 6.45) is 5.17.